The van der Waals surface area contributed by atoms with Crippen LogP contribution in [-0.2, 0) is 18.8 Å². The third-order valence-corrected chi connectivity index (χ3v) is 25.4. The van der Waals surface area contributed by atoms with Crippen LogP contribution < -0.4 is 0 Å². The number of hydrogen-bond acceptors (Lipinski definition) is 3. The summed E-state index contributed by atoms with van der Waals surface area (Å²) < 4.78 is 21.1. The second-order valence-electron chi connectivity index (χ2n) is 12.6. The van der Waals surface area contributed by atoms with E-state index in [1.807, 2.05) is 0 Å². The Bertz CT molecular complexity index is 792. The molecule has 0 bridgehead atoms. The Morgan fingerprint density at radius 1 is 0.611 bits per heavy atom. The Hall–Kier alpha value is -0.596. The monoisotopic (exact) mass is 578 g/mol. The first-order valence-electron chi connectivity index (χ1n) is 13.6. The largest absolute Gasteiger partial charge is 0.437 e. The summed E-state index contributed by atoms with van der Waals surface area (Å²) in [6.07, 6.45) is 8.45. The lowest BCUT2D eigenvalue weighted by molar-refractivity contribution is 0.316. The second-order valence-corrected chi connectivity index (χ2v) is 33.8. The quantitative estimate of drug-likeness (QED) is 0.121. The molecule has 2 atom stereocenters. The molecule has 1 aromatic rings. The molecule has 3 nitrogen and oxygen atoms in total. The van der Waals surface area contributed by atoms with Gasteiger partial charge in [0.2, 0.25) is 0 Å². The molecule has 0 N–H and O–H groups in total. The molecule has 0 fully saturated rings. The maximum atomic E-state index is 7.25. The summed E-state index contributed by atoms with van der Waals surface area (Å²) in [7, 11) is -10.1. The van der Waals surface area contributed by atoms with E-state index >= 15 is 0 Å². The van der Waals surface area contributed by atoms with E-state index in [0.717, 1.165) is 43.1 Å². The highest BCUT2D eigenvalue weighted by Crippen LogP contribution is 2.34. The van der Waals surface area contributed by atoms with E-state index in [1.54, 1.807) is 0 Å². The molecule has 0 radical (unpaired) electrons. The van der Waals surface area contributed by atoms with Gasteiger partial charge in [-0.15, -0.1) is 19.7 Å². The van der Waals surface area contributed by atoms with E-state index in [2.05, 4.69) is 121 Å². The van der Waals surface area contributed by atoms with Crippen LogP contribution in [0.2, 0.25) is 88.6 Å². The van der Waals surface area contributed by atoms with E-state index in [0.29, 0.717) is 0 Å². The summed E-state index contributed by atoms with van der Waals surface area (Å²) in [6, 6.07) is 17.3. The molecule has 1 rings (SSSR count). The van der Waals surface area contributed by atoms with Crippen LogP contribution in [0.3, 0.4) is 0 Å². The highest BCUT2D eigenvalue weighted by molar-refractivity contribution is 6.90. The summed E-state index contributed by atoms with van der Waals surface area (Å²) in [5, 5.41) is 0. The third kappa shape index (κ3) is 13.3. The minimum Gasteiger partial charge on any atom is -0.437 e. The number of benzene rings is 1. The van der Waals surface area contributed by atoms with Gasteiger partial charge in [-0.05, 0) is 94.6 Å². The SMILES string of the molecule is C=CC[Si](CC=C)(CC=C)CCC[Si](C)(O[Si](C)(C)C)O[Si](C)(CCc1ccccc1)O[Si](C)(C)C. The molecule has 0 heterocycles. The van der Waals surface area contributed by atoms with Crippen LogP contribution in [0.15, 0.2) is 68.3 Å². The molecule has 204 valence electrons. The molecule has 0 aliphatic rings. The molecule has 0 aromatic heterocycles. The van der Waals surface area contributed by atoms with E-state index in [4.69, 9.17) is 12.3 Å². The highest BCUT2D eigenvalue weighted by Gasteiger charge is 2.46. The molecule has 0 aliphatic heterocycles. The van der Waals surface area contributed by atoms with Crippen LogP contribution in [0.4, 0.5) is 0 Å². The summed E-state index contributed by atoms with van der Waals surface area (Å²) in [6.45, 7) is 30.5. The predicted molar refractivity (Wildman–Crippen MR) is 173 cm³/mol. The topological polar surface area (TPSA) is 27.7 Å². The van der Waals surface area contributed by atoms with Crippen molar-refractivity contribution in [3.8, 4) is 0 Å². The lowest BCUT2D eigenvalue weighted by Gasteiger charge is -2.43. The zero-order valence-electron chi connectivity index (χ0n) is 24.6. The average Bonchev–Trinajstić information content (AvgIpc) is 2.71. The molecular weight excluding hydrogens is 525 g/mol. The zero-order valence-corrected chi connectivity index (χ0v) is 29.6. The van der Waals surface area contributed by atoms with Crippen LogP contribution in [0.25, 0.3) is 0 Å². The van der Waals surface area contributed by atoms with Gasteiger partial charge in [0.05, 0.1) is 8.07 Å². The summed E-state index contributed by atoms with van der Waals surface area (Å²) in [4.78, 5) is 0. The Balaban J connectivity index is 3.17. The van der Waals surface area contributed by atoms with Crippen molar-refractivity contribution < 1.29 is 12.3 Å². The van der Waals surface area contributed by atoms with Gasteiger partial charge in [-0.25, -0.2) is 0 Å². The molecule has 36 heavy (non-hydrogen) atoms. The lowest BCUT2D eigenvalue weighted by Crippen LogP contribution is -2.58. The van der Waals surface area contributed by atoms with E-state index in [1.165, 1.54) is 11.6 Å². The van der Waals surface area contributed by atoms with Gasteiger partial charge in [-0.2, -0.15) is 0 Å². The van der Waals surface area contributed by atoms with E-state index < -0.39 is 41.8 Å². The number of rotatable bonds is 19. The van der Waals surface area contributed by atoms with Crippen molar-refractivity contribution >= 4 is 41.8 Å². The first-order chi connectivity index (χ1) is 16.6. The normalized spacial score (nSPS) is 16.1. The highest BCUT2D eigenvalue weighted by atomic mass is 28.5. The molecule has 0 saturated carbocycles. The summed E-state index contributed by atoms with van der Waals surface area (Å²) in [5.41, 5.74) is 1.35. The first-order valence-corrected chi connectivity index (χ1v) is 28.3. The fourth-order valence-electron chi connectivity index (χ4n) is 5.27. The molecule has 1 aromatic carbocycles. The molecule has 2 unspecified atom stereocenters. The van der Waals surface area contributed by atoms with Crippen molar-refractivity contribution in [3.05, 3.63) is 73.9 Å². The fourth-order valence-corrected chi connectivity index (χ4v) is 27.8. The number of allylic oxidation sites excluding steroid dienone is 3. The predicted octanol–water partition coefficient (Wildman–Crippen LogP) is 9.49. The standard InChI is InChI=1S/C28H54O3Si5/c1-12-22-36(23-13-2,24-14-3)26-18-25-34(10,29-32(4,5)6)31-35(11,30-33(7,8)9)27-21-28-19-16-15-17-20-28/h12-17,19-20H,1-3,18,21-27H2,4-11H3. The zero-order chi connectivity index (χ0) is 27.5. The maximum Gasteiger partial charge on any atom is 0.316 e. The van der Waals surface area contributed by atoms with Crippen molar-refractivity contribution in [1.82, 2.24) is 0 Å². The van der Waals surface area contributed by atoms with Crippen molar-refractivity contribution in [2.75, 3.05) is 0 Å². The van der Waals surface area contributed by atoms with Gasteiger partial charge < -0.3 is 12.3 Å². The Labute approximate surface area is 228 Å². The Morgan fingerprint density at radius 3 is 1.47 bits per heavy atom. The van der Waals surface area contributed by atoms with Crippen molar-refractivity contribution in [3.63, 3.8) is 0 Å². The average molecular weight is 579 g/mol. The van der Waals surface area contributed by atoms with E-state index in [-0.39, 0.29) is 0 Å². The van der Waals surface area contributed by atoms with Gasteiger partial charge in [0.1, 0.15) is 0 Å². The van der Waals surface area contributed by atoms with E-state index in [9.17, 15) is 0 Å². The summed E-state index contributed by atoms with van der Waals surface area (Å²) in [5.74, 6) is 0. The lowest BCUT2D eigenvalue weighted by atomic mass is 10.2. The molecule has 8 heteroatoms. The van der Waals surface area contributed by atoms with Crippen LogP contribution in [0.1, 0.15) is 12.0 Å². The molecule has 0 spiro atoms. The molecule has 0 aliphatic carbocycles. The van der Waals surface area contributed by atoms with Crippen molar-refractivity contribution in [1.29, 1.82) is 0 Å². The van der Waals surface area contributed by atoms with Crippen molar-refractivity contribution in [2.45, 2.75) is 101 Å². The van der Waals surface area contributed by atoms with Crippen LogP contribution in [0, 0.1) is 0 Å². The number of aryl methyl sites for hydroxylation is 1. The minimum atomic E-state index is -2.46. The Morgan fingerprint density at radius 2 is 1.06 bits per heavy atom. The minimum absolute atomic E-state index is 0.959. The fraction of sp³-hybridized carbons (Fsp3) is 0.571. The second kappa shape index (κ2) is 14.5. The van der Waals surface area contributed by atoms with Crippen molar-refractivity contribution in [2.24, 2.45) is 0 Å². The van der Waals surface area contributed by atoms with Crippen LogP contribution >= 0.6 is 0 Å². The summed E-state index contributed by atoms with van der Waals surface area (Å²) >= 11 is 0. The van der Waals surface area contributed by atoms with Crippen LogP contribution in [-0.4, -0.2) is 41.8 Å². The molecule has 0 saturated heterocycles. The smallest absolute Gasteiger partial charge is 0.316 e. The van der Waals surface area contributed by atoms with Crippen LogP contribution in [0.5, 0.6) is 0 Å². The Kier molecular flexibility index (Phi) is 13.5. The number of hydrogen-bond donors (Lipinski definition) is 0. The first kappa shape index (κ1) is 33.4. The maximum absolute atomic E-state index is 7.25. The van der Waals surface area contributed by atoms with Gasteiger partial charge >= 0.3 is 17.1 Å². The van der Waals surface area contributed by atoms with Gasteiger partial charge in [0.15, 0.2) is 16.6 Å². The van der Waals surface area contributed by atoms with Gasteiger partial charge in [0.25, 0.3) is 0 Å². The molecule has 0 amide bonds. The molecular formula is C28H54O3Si5. The van der Waals surface area contributed by atoms with Gasteiger partial charge in [-0.3, -0.25) is 0 Å². The third-order valence-electron chi connectivity index (χ3n) is 6.26. The van der Waals surface area contributed by atoms with Gasteiger partial charge in [-0.1, -0.05) is 61.0 Å². The van der Waals surface area contributed by atoms with Gasteiger partial charge in [0, 0.05) is 0 Å².